The van der Waals surface area contributed by atoms with E-state index in [0.29, 0.717) is 13.0 Å². The maximum absolute atomic E-state index is 12.5. The van der Waals surface area contributed by atoms with Gasteiger partial charge in [0, 0.05) is 56.9 Å². The summed E-state index contributed by atoms with van der Waals surface area (Å²) in [5.41, 5.74) is 4.54. The lowest BCUT2D eigenvalue weighted by atomic mass is 9.87. The molecule has 4 rings (SSSR count). The van der Waals surface area contributed by atoms with E-state index in [0.717, 1.165) is 42.3 Å². The van der Waals surface area contributed by atoms with Gasteiger partial charge in [-0.3, -0.25) is 4.79 Å². The number of nitrogens with one attached hydrogen (secondary N) is 1. The van der Waals surface area contributed by atoms with Crippen molar-refractivity contribution >= 4 is 17.3 Å². The normalized spacial score (nSPS) is 19.5. The number of hydrogen-bond acceptors (Lipinski definition) is 4. The van der Waals surface area contributed by atoms with Crippen molar-refractivity contribution in [3.05, 3.63) is 41.5 Å². The number of fused-ring (bicyclic) bond motifs is 1. The third kappa shape index (κ3) is 2.98. The first-order valence-corrected chi connectivity index (χ1v) is 9.37. The smallest absolute Gasteiger partial charge is 0.225 e. The number of benzene rings is 1. The lowest BCUT2D eigenvalue weighted by molar-refractivity contribution is -0.116. The number of carbonyl (C=O) groups is 1. The number of anilines is 2. The molecule has 0 saturated carbocycles. The van der Waals surface area contributed by atoms with Crippen LogP contribution >= 0.6 is 0 Å². The number of amides is 1. The average molecular weight is 354 g/mol. The molecule has 1 atom stereocenters. The first kappa shape index (κ1) is 17.1. The molecule has 2 aliphatic heterocycles. The van der Waals surface area contributed by atoms with Gasteiger partial charge >= 0.3 is 0 Å². The third-order valence-corrected chi connectivity index (χ3v) is 5.54. The van der Waals surface area contributed by atoms with Gasteiger partial charge in [-0.05, 0) is 37.0 Å². The Bertz CT molecular complexity index is 808. The van der Waals surface area contributed by atoms with E-state index in [2.05, 4.69) is 38.8 Å². The van der Waals surface area contributed by atoms with Gasteiger partial charge in [-0.15, -0.1) is 0 Å². The second-order valence-corrected chi connectivity index (χ2v) is 7.14. The number of hydrogen-bond donors (Lipinski definition) is 1. The van der Waals surface area contributed by atoms with Crippen molar-refractivity contribution in [3.8, 4) is 0 Å². The number of ether oxygens (including phenoxy) is 1. The van der Waals surface area contributed by atoms with Crippen molar-refractivity contribution < 1.29 is 9.53 Å². The highest BCUT2D eigenvalue weighted by Crippen LogP contribution is 2.41. The minimum absolute atomic E-state index is 0.0167. The summed E-state index contributed by atoms with van der Waals surface area (Å²) in [6.45, 7) is 5.68. The van der Waals surface area contributed by atoms with E-state index in [1.165, 1.54) is 18.5 Å². The summed E-state index contributed by atoms with van der Waals surface area (Å²) in [5, 5.41) is 3.12. The Balaban J connectivity index is 1.73. The predicted molar refractivity (Wildman–Crippen MR) is 102 cm³/mol. The standard InChI is InChI=1S/C20H26N4O2/c1-14-17(23-8-3-4-9-23)6-5-15-16(13-18(25)22-19(14)15)20-21-7-10-24(20)11-12-26-2/h5-7,10,16H,3-4,8-9,11-13H2,1-2H3,(H,22,25)/t16-/m0/s1. The van der Waals surface area contributed by atoms with Crippen LogP contribution in [0.4, 0.5) is 11.4 Å². The first-order valence-electron chi connectivity index (χ1n) is 9.37. The largest absolute Gasteiger partial charge is 0.383 e. The maximum Gasteiger partial charge on any atom is 0.225 e. The molecule has 0 spiro atoms. The summed E-state index contributed by atoms with van der Waals surface area (Å²) < 4.78 is 7.30. The number of rotatable bonds is 5. The summed E-state index contributed by atoms with van der Waals surface area (Å²) in [4.78, 5) is 19.4. The molecule has 0 aliphatic carbocycles. The lowest BCUT2D eigenvalue weighted by Gasteiger charge is -2.30. The Labute approximate surface area is 154 Å². The Morgan fingerprint density at radius 1 is 1.31 bits per heavy atom. The van der Waals surface area contributed by atoms with Gasteiger partial charge in [-0.25, -0.2) is 4.98 Å². The van der Waals surface area contributed by atoms with Crippen LogP contribution in [0.2, 0.25) is 0 Å². The summed E-state index contributed by atoms with van der Waals surface area (Å²) in [6.07, 6.45) is 6.68. The van der Waals surface area contributed by atoms with Crippen LogP contribution in [-0.2, 0) is 16.1 Å². The van der Waals surface area contributed by atoms with E-state index < -0.39 is 0 Å². The van der Waals surface area contributed by atoms with Crippen molar-refractivity contribution in [2.45, 2.75) is 38.6 Å². The van der Waals surface area contributed by atoms with Gasteiger partial charge in [-0.2, -0.15) is 0 Å². The van der Waals surface area contributed by atoms with Crippen LogP contribution in [0.5, 0.6) is 0 Å². The quantitative estimate of drug-likeness (QED) is 0.897. The summed E-state index contributed by atoms with van der Waals surface area (Å²) in [6, 6.07) is 4.39. The molecule has 0 unspecified atom stereocenters. The van der Waals surface area contributed by atoms with Crippen LogP contribution in [-0.4, -0.2) is 42.3 Å². The van der Waals surface area contributed by atoms with E-state index in [1.54, 1.807) is 7.11 Å². The van der Waals surface area contributed by atoms with Crippen molar-refractivity contribution in [1.29, 1.82) is 0 Å². The molecule has 2 aromatic rings. The maximum atomic E-state index is 12.5. The molecular weight excluding hydrogens is 328 g/mol. The first-order chi connectivity index (χ1) is 12.7. The second kappa shape index (κ2) is 7.11. The Hall–Kier alpha value is -2.34. The molecule has 0 bridgehead atoms. The van der Waals surface area contributed by atoms with Crippen LogP contribution in [0.15, 0.2) is 24.5 Å². The average Bonchev–Trinajstić information content (AvgIpc) is 3.32. The van der Waals surface area contributed by atoms with Gasteiger partial charge < -0.3 is 19.5 Å². The van der Waals surface area contributed by atoms with Gasteiger partial charge in [0.15, 0.2) is 0 Å². The highest BCUT2D eigenvalue weighted by atomic mass is 16.5. The van der Waals surface area contributed by atoms with Crippen LogP contribution in [0.1, 0.15) is 42.1 Å². The van der Waals surface area contributed by atoms with Gasteiger partial charge in [-0.1, -0.05) is 6.07 Å². The van der Waals surface area contributed by atoms with Crippen LogP contribution < -0.4 is 10.2 Å². The van der Waals surface area contributed by atoms with Crippen molar-refractivity contribution in [3.63, 3.8) is 0 Å². The zero-order chi connectivity index (χ0) is 18.1. The van der Waals surface area contributed by atoms with Crippen molar-refractivity contribution in [1.82, 2.24) is 9.55 Å². The minimum atomic E-state index is -0.0167. The highest BCUT2D eigenvalue weighted by molar-refractivity contribution is 5.97. The molecule has 1 amide bonds. The zero-order valence-electron chi connectivity index (χ0n) is 15.5. The van der Waals surface area contributed by atoms with E-state index in [-0.39, 0.29) is 11.8 Å². The number of nitrogens with zero attached hydrogens (tertiary/aromatic N) is 3. The van der Waals surface area contributed by atoms with Crippen molar-refractivity contribution in [2.75, 3.05) is 37.0 Å². The van der Waals surface area contributed by atoms with E-state index >= 15 is 0 Å². The molecule has 1 aromatic heterocycles. The van der Waals surface area contributed by atoms with Crippen LogP contribution in [0.25, 0.3) is 0 Å². The zero-order valence-corrected chi connectivity index (χ0v) is 15.5. The summed E-state index contributed by atoms with van der Waals surface area (Å²) in [7, 11) is 1.70. The van der Waals surface area contributed by atoms with Gasteiger partial charge in [0.05, 0.1) is 12.5 Å². The number of carbonyl (C=O) groups excluding carboxylic acids is 1. The monoisotopic (exact) mass is 354 g/mol. The molecule has 3 heterocycles. The Kier molecular flexibility index (Phi) is 4.68. The molecular formula is C20H26N4O2. The fraction of sp³-hybridized carbons (Fsp3) is 0.500. The topological polar surface area (TPSA) is 59.4 Å². The van der Waals surface area contributed by atoms with E-state index in [9.17, 15) is 4.79 Å². The number of aromatic nitrogens is 2. The third-order valence-electron chi connectivity index (χ3n) is 5.54. The molecule has 1 N–H and O–H groups in total. The van der Waals surface area contributed by atoms with Crippen molar-refractivity contribution in [2.24, 2.45) is 0 Å². The SMILES string of the molecule is COCCn1ccnc1[C@H]1CC(=O)Nc2c1ccc(N1CCCC1)c2C. The van der Waals surface area contributed by atoms with Crippen LogP contribution in [0.3, 0.4) is 0 Å². The predicted octanol–water partition coefficient (Wildman–Crippen LogP) is 2.91. The molecule has 6 heteroatoms. The fourth-order valence-corrected chi connectivity index (χ4v) is 4.20. The Morgan fingerprint density at radius 2 is 2.12 bits per heavy atom. The lowest BCUT2D eigenvalue weighted by Crippen LogP contribution is -2.27. The minimum Gasteiger partial charge on any atom is -0.383 e. The molecule has 1 saturated heterocycles. The van der Waals surface area contributed by atoms with Gasteiger partial charge in [0.25, 0.3) is 0 Å². The molecule has 6 nitrogen and oxygen atoms in total. The molecule has 1 fully saturated rings. The fourth-order valence-electron chi connectivity index (χ4n) is 4.20. The highest BCUT2D eigenvalue weighted by Gasteiger charge is 2.31. The number of imidazole rings is 1. The van der Waals surface area contributed by atoms with E-state index in [1.807, 2.05) is 12.4 Å². The molecule has 0 radical (unpaired) electrons. The second-order valence-electron chi connectivity index (χ2n) is 7.14. The van der Waals surface area contributed by atoms with Gasteiger partial charge in [0.2, 0.25) is 5.91 Å². The van der Waals surface area contributed by atoms with Crippen LogP contribution in [0, 0.1) is 6.92 Å². The van der Waals surface area contributed by atoms with Gasteiger partial charge in [0.1, 0.15) is 5.82 Å². The van der Waals surface area contributed by atoms with E-state index in [4.69, 9.17) is 4.74 Å². The molecule has 2 aliphatic rings. The molecule has 26 heavy (non-hydrogen) atoms. The summed E-state index contributed by atoms with van der Waals surface area (Å²) in [5.74, 6) is 0.980. The molecule has 1 aromatic carbocycles. The number of methoxy groups -OCH3 is 1. The Morgan fingerprint density at radius 3 is 2.88 bits per heavy atom. The summed E-state index contributed by atoms with van der Waals surface area (Å²) >= 11 is 0. The molecule has 138 valence electrons.